The topological polar surface area (TPSA) is 154 Å². The van der Waals surface area contributed by atoms with Crippen molar-refractivity contribution < 1.29 is 34.7 Å². The van der Waals surface area contributed by atoms with Crippen molar-refractivity contribution in [2.45, 2.75) is 43.7 Å². The van der Waals surface area contributed by atoms with Gasteiger partial charge in [-0.05, 0) is 19.1 Å². The maximum atomic E-state index is 11.6. The molecule has 0 aromatic heterocycles. The standard InChI is InChI=1S/C15H20Cl2N2O7/c1-5(18)14(24)19-6-2-7(16)13(8(17)3-6)26-15-12(23)11(22)10(21)9(4-20)25-15/h2-3,5,9-12,15,20-23H,4,18H2,1H3,(H,19,24)/t5-,9+,10-,11-,12+,15-/m0/s1. The summed E-state index contributed by atoms with van der Waals surface area (Å²) in [6, 6.07) is 1.97. The minimum Gasteiger partial charge on any atom is -0.459 e. The molecule has 26 heavy (non-hydrogen) atoms. The normalized spacial score (nSPS) is 29.9. The number of hydrogen-bond acceptors (Lipinski definition) is 8. The van der Waals surface area contributed by atoms with Crippen molar-refractivity contribution in [2.75, 3.05) is 11.9 Å². The number of rotatable bonds is 5. The Morgan fingerprint density at radius 3 is 2.35 bits per heavy atom. The molecule has 1 aliphatic rings. The van der Waals surface area contributed by atoms with Gasteiger partial charge in [0.2, 0.25) is 12.2 Å². The first kappa shape index (κ1) is 21.1. The van der Waals surface area contributed by atoms with Crippen LogP contribution in [0.25, 0.3) is 0 Å². The Hall–Kier alpha value is -1.17. The second-order valence-electron chi connectivity index (χ2n) is 5.86. The van der Waals surface area contributed by atoms with Crippen LogP contribution < -0.4 is 15.8 Å². The van der Waals surface area contributed by atoms with Crippen LogP contribution in [0, 0.1) is 0 Å². The predicted octanol–water partition coefficient (Wildman–Crippen LogP) is -0.542. The zero-order chi connectivity index (χ0) is 19.6. The van der Waals surface area contributed by atoms with E-state index >= 15 is 0 Å². The number of nitrogens with one attached hydrogen (secondary N) is 1. The van der Waals surface area contributed by atoms with Gasteiger partial charge in [-0.15, -0.1) is 0 Å². The zero-order valence-corrected chi connectivity index (χ0v) is 15.2. The highest BCUT2D eigenvalue weighted by molar-refractivity contribution is 6.37. The molecule has 146 valence electrons. The number of hydrogen-bond donors (Lipinski definition) is 6. The molecule has 11 heteroatoms. The van der Waals surface area contributed by atoms with Gasteiger partial charge in [0.05, 0.1) is 22.7 Å². The Labute approximate surface area is 159 Å². The highest BCUT2D eigenvalue weighted by Crippen LogP contribution is 2.38. The molecule has 2 rings (SSSR count). The van der Waals surface area contributed by atoms with Crippen LogP contribution in [-0.2, 0) is 9.53 Å². The molecule has 1 aromatic carbocycles. The summed E-state index contributed by atoms with van der Waals surface area (Å²) in [7, 11) is 0. The summed E-state index contributed by atoms with van der Waals surface area (Å²) in [5.74, 6) is -0.517. The van der Waals surface area contributed by atoms with Crippen LogP contribution in [0.5, 0.6) is 5.75 Å². The predicted molar refractivity (Wildman–Crippen MR) is 93.1 cm³/mol. The van der Waals surface area contributed by atoms with E-state index in [1.165, 1.54) is 19.1 Å². The Morgan fingerprint density at radius 2 is 1.85 bits per heavy atom. The van der Waals surface area contributed by atoms with Crippen molar-refractivity contribution in [3.05, 3.63) is 22.2 Å². The number of anilines is 1. The van der Waals surface area contributed by atoms with Gasteiger partial charge in [-0.1, -0.05) is 23.2 Å². The molecule has 1 aliphatic heterocycles. The molecule has 0 unspecified atom stereocenters. The number of carbonyl (C=O) groups is 1. The van der Waals surface area contributed by atoms with E-state index in [0.717, 1.165) is 0 Å². The van der Waals surface area contributed by atoms with E-state index in [-0.39, 0.29) is 21.5 Å². The monoisotopic (exact) mass is 410 g/mol. The van der Waals surface area contributed by atoms with E-state index in [4.69, 9.17) is 38.4 Å². The summed E-state index contributed by atoms with van der Waals surface area (Å²) in [5, 5.41) is 41.2. The number of nitrogens with two attached hydrogens (primary N) is 1. The van der Waals surface area contributed by atoms with Gasteiger partial charge in [0, 0.05) is 5.69 Å². The van der Waals surface area contributed by atoms with Crippen LogP contribution >= 0.6 is 23.2 Å². The smallest absolute Gasteiger partial charge is 0.241 e. The Kier molecular flexibility index (Phi) is 7.05. The number of benzene rings is 1. The van der Waals surface area contributed by atoms with Gasteiger partial charge in [-0.2, -0.15) is 0 Å². The van der Waals surface area contributed by atoms with Gasteiger partial charge in [-0.3, -0.25) is 4.79 Å². The largest absolute Gasteiger partial charge is 0.459 e. The lowest BCUT2D eigenvalue weighted by Gasteiger charge is -2.39. The molecule has 0 aliphatic carbocycles. The Bertz CT molecular complexity index is 636. The Morgan fingerprint density at radius 1 is 1.27 bits per heavy atom. The lowest BCUT2D eigenvalue weighted by molar-refractivity contribution is -0.277. The van der Waals surface area contributed by atoms with Gasteiger partial charge in [0.1, 0.15) is 24.4 Å². The van der Waals surface area contributed by atoms with Crippen LogP contribution in [0.3, 0.4) is 0 Å². The summed E-state index contributed by atoms with van der Waals surface area (Å²) >= 11 is 12.2. The second kappa shape index (κ2) is 8.68. The molecular formula is C15H20Cl2N2O7. The number of aliphatic hydroxyl groups excluding tert-OH is 4. The molecule has 0 saturated carbocycles. The molecule has 0 spiro atoms. The van der Waals surface area contributed by atoms with Gasteiger partial charge in [-0.25, -0.2) is 0 Å². The summed E-state index contributed by atoms with van der Waals surface area (Å²) < 4.78 is 10.7. The molecule has 1 saturated heterocycles. The van der Waals surface area contributed by atoms with E-state index in [0.29, 0.717) is 0 Å². The van der Waals surface area contributed by atoms with E-state index < -0.39 is 49.3 Å². The maximum Gasteiger partial charge on any atom is 0.241 e. The van der Waals surface area contributed by atoms with Gasteiger partial charge in [0.15, 0.2) is 5.75 Å². The highest BCUT2D eigenvalue weighted by Gasteiger charge is 2.45. The number of ether oxygens (including phenoxy) is 2. The molecule has 9 nitrogen and oxygen atoms in total. The van der Waals surface area contributed by atoms with Crippen molar-refractivity contribution in [1.29, 1.82) is 0 Å². The highest BCUT2D eigenvalue weighted by atomic mass is 35.5. The van der Waals surface area contributed by atoms with Crippen molar-refractivity contribution in [3.63, 3.8) is 0 Å². The number of aliphatic hydroxyl groups is 4. The molecule has 1 amide bonds. The molecular weight excluding hydrogens is 391 g/mol. The lowest BCUT2D eigenvalue weighted by Crippen LogP contribution is -2.60. The van der Waals surface area contributed by atoms with E-state index in [9.17, 15) is 25.2 Å². The van der Waals surface area contributed by atoms with E-state index in [2.05, 4.69) is 5.32 Å². The minimum atomic E-state index is -1.61. The summed E-state index contributed by atoms with van der Waals surface area (Å²) in [6.07, 6.45) is -7.31. The second-order valence-corrected chi connectivity index (χ2v) is 6.68. The zero-order valence-electron chi connectivity index (χ0n) is 13.7. The third-order valence-corrected chi connectivity index (χ3v) is 4.32. The molecule has 1 heterocycles. The van der Waals surface area contributed by atoms with Crippen molar-refractivity contribution in [2.24, 2.45) is 5.73 Å². The average molecular weight is 411 g/mol. The molecule has 0 bridgehead atoms. The van der Waals surface area contributed by atoms with E-state index in [1.54, 1.807) is 0 Å². The van der Waals surface area contributed by atoms with Crippen molar-refractivity contribution >= 4 is 34.8 Å². The van der Waals surface area contributed by atoms with Crippen LogP contribution in [0.4, 0.5) is 5.69 Å². The SMILES string of the molecule is C[C@H](N)C(=O)Nc1cc(Cl)c(O[C@@H]2O[C@H](CO)[C@H](O)[C@H](O)[C@H]2O)c(Cl)c1. The van der Waals surface area contributed by atoms with Crippen LogP contribution in [-0.4, -0.2) is 69.7 Å². The fraction of sp³-hybridized carbons (Fsp3) is 0.533. The molecule has 1 aromatic rings. The lowest BCUT2D eigenvalue weighted by atomic mass is 9.99. The molecule has 0 radical (unpaired) electrons. The van der Waals surface area contributed by atoms with E-state index in [1.807, 2.05) is 0 Å². The summed E-state index contributed by atoms with van der Waals surface area (Å²) in [6.45, 7) is 0.906. The fourth-order valence-electron chi connectivity index (χ4n) is 2.28. The Balaban J connectivity index is 2.20. The number of halogens is 2. The fourth-order valence-corrected chi connectivity index (χ4v) is 2.86. The first-order valence-corrected chi connectivity index (χ1v) is 8.44. The van der Waals surface area contributed by atoms with Gasteiger partial charge < -0.3 is 41.0 Å². The number of amides is 1. The average Bonchev–Trinajstić information content (AvgIpc) is 2.57. The van der Waals surface area contributed by atoms with Crippen molar-refractivity contribution in [1.82, 2.24) is 0 Å². The summed E-state index contributed by atoms with van der Waals surface area (Å²) in [4.78, 5) is 11.6. The van der Waals surface area contributed by atoms with Crippen molar-refractivity contribution in [3.8, 4) is 5.75 Å². The third kappa shape index (κ3) is 4.56. The van der Waals surface area contributed by atoms with Crippen LogP contribution in [0.2, 0.25) is 10.0 Å². The van der Waals surface area contributed by atoms with Crippen LogP contribution in [0.1, 0.15) is 6.92 Å². The van der Waals surface area contributed by atoms with Gasteiger partial charge in [0.25, 0.3) is 0 Å². The minimum absolute atomic E-state index is 0.00515. The van der Waals surface area contributed by atoms with Gasteiger partial charge >= 0.3 is 0 Å². The maximum absolute atomic E-state index is 11.6. The molecule has 7 N–H and O–H groups in total. The molecule has 6 atom stereocenters. The quantitative estimate of drug-likeness (QED) is 0.378. The molecule has 1 fully saturated rings. The summed E-state index contributed by atoms with van der Waals surface area (Å²) in [5.41, 5.74) is 5.75. The first-order valence-electron chi connectivity index (χ1n) is 7.68. The van der Waals surface area contributed by atoms with Crippen LogP contribution in [0.15, 0.2) is 12.1 Å². The number of carbonyl (C=O) groups excluding carboxylic acids is 1. The third-order valence-electron chi connectivity index (χ3n) is 3.76. The first-order chi connectivity index (χ1) is 12.1.